The molecule has 0 saturated carbocycles. The molecule has 11 aromatic carbocycles. The molecule has 0 atom stereocenters. The van der Waals surface area contributed by atoms with Gasteiger partial charge in [-0.05, 0) is 170 Å². The van der Waals surface area contributed by atoms with Crippen LogP contribution in [0.5, 0.6) is 0 Å². The summed E-state index contributed by atoms with van der Waals surface area (Å²) in [5.74, 6) is -0.970. The number of hydrogen-bond donors (Lipinski definition) is 0. The molecule has 1 aromatic heterocycles. The fourth-order valence-corrected chi connectivity index (χ4v) is 13.2. The first-order chi connectivity index (χ1) is 35.8. The van der Waals surface area contributed by atoms with E-state index in [9.17, 15) is 6.63 Å². The number of thiophene rings is 1. The molecular formula is C70H45NS. The highest BCUT2D eigenvalue weighted by Gasteiger charge is 2.27. The molecule has 2 aliphatic rings. The van der Waals surface area contributed by atoms with Crippen molar-refractivity contribution in [1.29, 1.82) is 5.26 Å². The predicted molar refractivity (Wildman–Crippen MR) is 305 cm³/mol. The Morgan fingerprint density at radius 1 is 0.333 bits per heavy atom. The van der Waals surface area contributed by atoms with Gasteiger partial charge in [0, 0.05) is 21.5 Å². The third kappa shape index (κ3) is 6.52. The fourth-order valence-electron chi connectivity index (χ4n) is 11.9. The van der Waals surface area contributed by atoms with Gasteiger partial charge < -0.3 is 0 Å². The summed E-state index contributed by atoms with van der Waals surface area (Å²) in [5, 5.41) is 12.9. The first-order valence-corrected chi connectivity index (χ1v) is 25.5. The van der Waals surface area contributed by atoms with Crippen LogP contribution in [0.3, 0.4) is 0 Å². The van der Waals surface area contributed by atoms with E-state index in [1.807, 2.05) is 31.3 Å². The molecule has 336 valence electrons. The normalized spacial score (nSPS) is 12.2. The molecule has 0 amide bonds. The van der Waals surface area contributed by atoms with Gasteiger partial charge in [0.25, 0.3) is 0 Å². The van der Waals surface area contributed by atoms with Gasteiger partial charge in [0.15, 0.2) is 0 Å². The van der Waals surface area contributed by atoms with Crippen LogP contribution in [0.15, 0.2) is 231 Å². The summed E-state index contributed by atoms with van der Waals surface area (Å²) >= 11 is 1.85. The highest BCUT2D eigenvalue weighted by atomic mass is 32.1. The Labute approximate surface area is 425 Å². The average Bonchev–Trinajstić information content (AvgIpc) is 3.82. The molecule has 12 aromatic rings. The summed E-state index contributed by atoms with van der Waals surface area (Å²) in [5.41, 5.74) is 26.6. The van der Waals surface area contributed by atoms with E-state index >= 15 is 0 Å². The first kappa shape index (κ1) is 41.0. The van der Waals surface area contributed by atoms with Crippen LogP contribution in [0.1, 0.15) is 32.2 Å². The zero-order valence-corrected chi connectivity index (χ0v) is 40.6. The molecule has 0 bridgehead atoms. The van der Waals surface area contributed by atoms with Crippen LogP contribution in [0.4, 0.5) is 0 Å². The molecule has 2 aliphatic carbocycles. The number of benzene rings is 11. The summed E-state index contributed by atoms with van der Waals surface area (Å²) in [6.45, 7) is 4.03. The number of nitrogens with zero attached hydrogens (tertiary/aromatic N) is 1. The van der Waals surface area contributed by atoms with Crippen molar-refractivity contribution in [3.8, 4) is 128 Å². The van der Waals surface area contributed by atoms with Gasteiger partial charge in [-0.1, -0.05) is 208 Å². The van der Waals surface area contributed by atoms with Crippen LogP contribution in [0, 0.1) is 11.3 Å². The summed E-state index contributed by atoms with van der Waals surface area (Å²) in [4.78, 5) is 0. The van der Waals surface area contributed by atoms with Gasteiger partial charge in [-0.2, -0.15) is 5.26 Å². The van der Waals surface area contributed by atoms with Gasteiger partial charge in [-0.3, -0.25) is 0 Å². The maximum atomic E-state index is 10.3. The molecule has 14 rings (SSSR count). The maximum absolute atomic E-state index is 10.3. The Hall–Kier alpha value is -8.87. The van der Waals surface area contributed by atoms with Gasteiger partial charge in [0.05, 0.1) is 11.6 Å². The van der Waals surface area contributed by atoms with Gasteiger partial charge in [0.1, 0.15) is 0 Å². The molecule has 0 N–H and O–H groups in total. The van der Waals surface area contributed by atoms with E-state index in [1.165, 1.54) is 75.8 Å². The van der Waals surface area contributed by atoms with Gasteiger partial charge in [-0.15, -0.1) is 11.3 Å². The summed E-state index contributed by atoms with van der Waals surface area (Å²) < 4.78 is 12.5. The average molecular weight is 933 g/mol. The van der Waals surface area contributed by atoms with E-state index in [0.717, 1.165) is 72.3 Å². The maximum Gasteiger partial charge on any atom is 0.0991 e. The molecule has 0 radical (unpaired) electrons. The second kappa shape index (κ2) is 16.6. The van der Waals surface area contributed by atoms with E-state index in [-0.39, 0.29) is 0 Å². The van der Waals surface area contributed by atoms with Crippen molar-refractivity contribution in [3.05, 3.63) is 242 Å². The van der Waals surface area contributed by atoms with Crippen LogP contribution in [0.25, 0.3) is 143 Å². The van der Waals surface area contributed by atoms with E-state index in [1.54, 1.807) is 0 Å². The summed E-state index contributed by atoms with van der Waals surface area (Å²) in [6, 6.07) is 86.3. The van der Waals surface area contributed by atoms with Gasteiger partial charge in [0.2, 0.25) is 0 Å². The minimum absolute atomic E-state index is 0.620. The largest absolute Gasteiger partial charge is 0.192 e. The molecule has 72 heavy (non-hydrogen) atoms. The minimum atomic E-state index is -0.970. The predicted octanol–water partition coefficient (Wildman–Crippen LogP) is 20.0. The topological polar surface area (TPSA) is 23.8 Å². The lowest BCUT2D eigenvalue weighted by molar-refractivity contribution is 0.871. The Bertz CT molecular complexity index is 4320. The number of hydrogen-bond acceptors (Lipinski definition) is 2. The quantitative estimate of drug-likeness (QED) is 0.172. The van der Waals surface area contributed by atoms with Crippen LogP contribution in [-0.4, -0.2) is 0 Å². The number of nitriles is 1. The van der Waals surface area contributed by atoms with Crippen LogP contribution >= 0.6 is 11.3 Å². The molecule has 1 heterocycles. The zero-order valence-electron chi connectivity index (χ0n) is 40.8. The SMILES string of the molecule is [2H]C(C)(C)c1c(-c2ccc3c(c2)-c2ccccc2-c2ccccc2-c2ccccc2-3)cccc1-c1ccc2c(c1)-c1ccc(C#N)cc1-c1ccccc1-c1cc(-c3cccc4c3sc3ccccc34)ccc1-2. The molecule has 0 unspecified atom stereocenters. The summed E-state index contributed by atoms with van der Waals surface area (Å²) in [7, 11) is 0. The zero-order chi connectivity index (χ0) is 49.0. The highest BCUT2D eigenvalue weighted by Crippen LogP contribution is 2.53. The van der Waals surface area contributed by atoms with E-state index in [0.29, 0.717) is 5.56 Å². The first-order valence-electron chi connectivity index (χ1n) is 25.2. The second-order valence-electron chi connectivity index (χ2n) is 19.3. The molecule has 0 fully saturated rings. The van der Waals surface area contributed by atoms with Crippen LogP contribution in [-0.2, 0) is 0 Å². The lowest BCUT2D eigenvalue weighted by Crippen LogP contribution is -2.01. The second-order valence-corrected chi connectivity index (χ2v) is 20.4. The minimum Gasteiger partial charge on any atom is -0.192 e. The van der Waals surface area contributed by atoms with Crippen LogP contribution in [0.2, 0.25) is 0 Å². The lowest BCUT2D eigenvalue weighted by atomic mass is 9.78. The van der Waals surface area contributed by atoms with Crippen molar-refractivity contribution in [2.24, 2.45) is 0 Å². The van der Waals surface area contributed by atoms with Gasteiger partial charge >= 0.3 is 0 Å². The van der Waals surface area contributed by atoms with Crippen molar-refractivity contribution in [2.45, 2.75) is 19.7 Å². The lowest BCUT2D eigenvalue weighted by Gasteiger charge is -2.26. The molecule has 0 aliphatic heterocycles. The number of fused-ring (bicyclic) bond motifs is 19. The molecule has 2 heteroatoms. The van der Waals surface area contributed by atoms with Crippen molar-refractivity contribution < 1.29 is 1.37 Å². The van der Waals surface area contributed by atoms with Crippen LogP contribution < -0.4 is 0 Å². The van der Waals surface area contributed by atoms with Crippen molar-refractivity contribution in [1.82, 2.24) is 0 Å². The Balaban J connectivity index is 0.972. The Morgan fingerprint density at radius 2 is 0.667 bits per heavy atom. The molecular weight excluding hydrogens is 887 g/mol. The fraction of sp³-hybridized carbons (Fsp3) is 0.0429. The van der Waals surface area contributed by atoms with Crippen molar-refractivity contribution in [2.75, 3.05) is 0 Å². The molecule has 0 spiro atoms. The van der Waals surface area contributed by atoms with Crippen molar-refractivity contribution >= 4 is 31.5 Å². The molecule has 1 nitrogen and oxygen atoms in total. The highest BCUT2D eigenvalue weighted by molar-refractivity contribution is 7.26. The monoisotopic (exact) mass is 932 g/mol. The van der Waals surface area contributed by atoms with E-state index in [2.05, 4.69) is 231 Å². The Kier molecular flexibility index (Phi) is 9.47. The number of rotatable bonds is 4. The van der Waals surface area contributed by atoms with E-state index in [4.69, 9.17) is 0 Å². The standard InChI is InChI=1S/C70H45NS/c1-42(2)69-47(44-30-34-58-54-19-6-5-17-52(54)50-15-3-4-16-51(50)53-18-7-8-20-55(53)65(58)38-44)24-13-25-48(69)45-31-35-60-59-36-32-46(49-26-14-27-63-62-23-11-12-28-68(62)72-70(49)63)40-66(59)57-22-10-9-21-56(57)64-37-43(41-71)29-33-61(64)67(60)39-45/h3-40,42H,1-2H3/i42D. The molecule has 0 saturated heterocycles. The van der Waals surface area contributed by atoms with E-state index < -0.39 is 5.89 Å². The Morgan fingerprint density at radius 3 is 1.14 bits per heavy atom. The third-order valence-corrected chi connectivity index (χ3v) is 16.4. The van der Waals surface area contributed by atoms with Crippen molar-refractivity contribution in [3.63, 3.8) is 0 Å². The van der Waals surface area contributed by atoms with Gasteiger partial charge in [-0.25, -0.2) is 0 Å². The third-order valence-electron chi connectivity index (χ3n) is 15.1. The smallest absolute Gasteiger partial charge is 0.0991 e. The summed E-state index contributed by atoms with van der Waals surface area (Å²) in [6.07, 6.45) is 0.